The Hall–Kier alpha value is -1.69. The highest BCUT2D eigenvalue weighted by Gasteiger charge is 2.36. The lowest BCUT2D eigenvalue weighted by atomic mass is 9.80. The molecule has 0 N–H and O–H groups in total. The van der Waals surface area contributed by atoms with Crippen LogP contribution in [0.4, 0.5) is 0 Å². The summed E-state index contributed by atoms with van der Waals surface area (Å²) >= 11 is 0. The number of methoxy groups -OCH3 is 1. The predicted molar refractivity (Wildman–Crippen MR) is 96.9 cm³/mol. The molecule has 1 spiro atoms. The average Bonchev–Trinajstić information content (AvgIpc) is 2.85. The molecule has 0 saturated carbocycles. The van der Waals surface area contributed by atoms with E-state index >= 15 is 0 Å². The first-order chi connectivity index (χ1) is 12.3. The Bertz CT molecular complexity index is 728. The smallest absolute Gasteiger partial charge is 0.221 e. The van der Waals surface area contributed by atoms with Gasteiger partial charge in [-0.1, -0.05) is 18.2 Å². The number of rotatable bonds is 3. The molecule has 4 rings (SSSR count). The molecule has 0 aliphatic carbocycles. The van der Waals surface area contributed by atoms with Gasteiger partial charge in [-0.15, -0.1) is 0 Å². The van der Waals surface area contributed by atoms with Gasteiger partial charge >= 0.3 is 0 Å². The molecule has 5 heteroatoms. The van der Waals surface area contributed by atoms with Gasteiger partial charge in [-0.3, -0.25) is 4.90 Å². The second-order valence-electron chi connectivity index (χ2n) is 7.21. The molecule has 2 aliphatic rings. The van der Waals surface area contributed by atoms with Crippen molar-refractivity contribution in [2.24, 2.45) is 5.41 Å². The topological polar surface area (TPSA) is 43.8 Å². The van der Waals surface area contributed by atoms with Gasteiger partial charge in [0.1, 0.15) is 0 Å². The third kappa shape index (κ3) is 3.50. The molecule has 134 valence electrons. The van der Waals surface area contributed by atoms with E-state index in [1.807, 2.05) is 12.3 Å². The Balaban J connectivity index is 1.60. The number of fused-ring (bicyclic) bond motifs is 1. The van der Waals surface area contributed by atoms with Crippen molar-refractivity contribution in [1.82, 2.24) is 9.88 Å². The van der Waals surface area contributed by atoms with Gasteiger partial charge in [0, 0.05) is 49.8 Å². The molecule has 0 atom stereocenters. The average molecular weight is 342 g/mol. The summed E-state index contributed by atoms with van der Waals surface area (Å²) < 4.78 is 16.9. The second kappa shape index (κ2) is 7.28. The summed E-state index contributed by atoms with van der Waals surface area (Å²) in [6.45, 7) is 6.27. The molecule has 25 heavy (non-hydrogen) atoms. The van der Waals surface area contributed by atoms with Gasteiger partial charge in [0.05, 0.1) is 20.3 Å². The molecule has 2 fully saturated rings. The van der Waals surface area contributed by atoms with E-state index in [1.54, 1.807) is 7.11 Å². The highest BCUT2D eigenvalue weighted by Crippen LogP contribution is 2.34. The van der Waals surface area contributed by atoms with Crippen LogP contribution in [0.25, 0.3) is 10.8 Å². The first-order valence-electron chi connectivity index (χ1n) is 9.08. The van der Waals surface area contributed by atoms with Crippen LogP contribution in [0.2, 0.25) is 0 Å². The standard InChI is InChI=1S/C20H26N2O3/c1-23-19-18-5-3-2-4-17(18)16(12-21-19)13-22-8-11-25-15-20(14-22)6-9-24-10-7-20/h2-5,12H,6-11,13-15H2,1H3. The van der Waals surface area contributed by atoms with E-state index in [0.717, 1.165) is 64.3 Å². The maximum atomic E-state index is 5.95. The van der Waals surface area contributed by atoms with Gasteiger partial charge in [-0.05, 0) is 29.9 Å². The Morgan fingerprint density at radius 3 is 2.72 bits per heavy atom. The van der Waals surface area contributed by atoms with Crippen molar-refractivity contribution in [2.45, 2.75) is 19.4 Å². The van der Waals surface area contributed by atoms with Crippen LogP contribution in [0.5, 0.6) is 5.88 Å². The zero-order chi connectivity index (χ0) is 17.1. The summed E-state index contributed by atoms with van der Waals surface area (Å²) in [6, 6.07) is 8.35. The van der Waals surface area contributed by atoms with Crippen LogP contribution in [0.15, 0.2) is 30.5 Å². The molecular weight excluding hydrogens is 316 g/mol. The second-order valence-corrected chi connectivity index (χ2v) is 7.21. The van der Waals surface area contributed by atoms with E-state index in [2.05, 4.69) is 28.1 Å². The van der Waals surface area contributed by atoms with Crippen LogP contribution in [-0.2, 0) is 16.0 Å². The van der Waals surface area contributed by atoms with Crippen molar-refractivity contribution in [3.8, 4) is 5.88 Å². The molecule has 2 aliphatic heterocycles. The molecule has 0 bridgehead atoms. The number of nitrogens with zero attached hydrogens (tertiary/aromatic N) is 2. The number of benzene rings is 1. The predicted octanol–water partition coefficient (Wildman–Crippen LogP) is 2.87. The molecular formula is C20H26N2O3. The van der Waals surface area contributed by atoms with E-state index in [-0.39, 0.29) is 5.41 Å². The fourth-order valence-electron chi connectivity index (χ4n) is 4.08. The van der Waals surface area contributed by atoms with Crippen molar-refractivity contribution in [1.29, 1.82) is 0 Å². The summed E-state index contributed by atoms with van der Waals surface area (Å²) in [5, 5.41) is 2.30. The monoisotopic (exact) mass is 342 g/mol. The number of aromatic nitrogens is 1. The maximum absolute atomic E-state index is 5.95. The Morgan fingerprint density at radius 1 is 1.12 bits per heavy atom. The molecule has 1 aromatic carbocycles. The molecule has 0 radical (unpaired) electrons. The van der Waals surface area contributed by atoms with Crippen molar-refractivity contribution < 1.29 is 14.2 Å². The van der Waals surface area contributed by atoms with Crippen molar-refractivity contribution in [3.05, 3.63) is 36.0 Å². The molecule has 2 saturated heterocycles. The number of hydrogen-bond donors (Lipinski definition) is 0. The van der Waals surface area contributed by atoms with Gasteiger partial charge in [0.2, 0.25) is 5.88 Å². The largest absolute Gasteiger partial charge is 0.481 e. The van der Waals surface area contributed by atoms with Crippen LogP contribution in [-0.4, -0.2) is 56.5 Å². The van der Waals surface area contributed by atoms with Crippen LogP contribution in [0, 0.1) is 5.41 Å². The van der Waals surface area contributed by atoms with Crippen LogP contribution < -0.4 is 4.74 Å². The Labute approximate surface area is 148 Å². The summed E-state index contributed by atoms with van der Waals surface area (Å²) in [4.78, 5) is 7.04. The molecule has 0 unspecified atom stereocenters. The maximum Gasteiger partial charge on any atom is 0.221 e. The molecule has 5 nitrogen and oxygen atoms in total. The zero-order valence-electron chi connectivity index (χ0n) is 14.9. The lowest BCUT2D eigenvalue weighted by molar-refractivity contribution is -0.0319. The summed E-state index contributed by atoms with van der Waals surface area (Å²) in [6.07, 6.45) is 4.14. The summed E-state index contributed by atoms with van der Waals surface area (Å²) in [5.74, 6) is 0.694. The quantitative estimate of drug-likeness (QED) is 0.858. The Kier molecular flexibility index (Phi) is 4.88. The fourth-order valence-corrected chi connectivity index (χ4v) is 4.08. The van der Waals surface area contributed by atoms with Crippen LogP contribution in [0.1, 0.15) is 18.4 Å². The third-order valence-corrected chi connectivity index (χ3v) is 5.50. The SMILES string of the molecule is COc1ncc(CN2CCOCC3(CCOCC3)C2)c2ccccc12. The van der Waals surface area contributed by atoms with Crippen LogP contribution >= 0.6 is 0 Å². The molecule has 1 aromatic heterocycles. The highest BCUT2D eigenvalue weighted by atomic mass is 16.5. The minimum absolute atomic E-state index is 0.241. The Morgan fingerprint density at radius 2 is 1.92 bits per heavy atom. The minimum atomic E-state index is 0.241. The third-order valence-electron chi connectivity index (χ3n) is 5.50. The van der Waals surface area contributed by atoms with Gasteiger partial charge < -0.3 is 14.2 Å². The van der Waals surface area contributed by atoms with Gasteiger partial charge in [0.25, 0.3) is 0 Å². The van der Waals surface area contributed by atoms with Gasteiger partial charge in [-0.25, -0.2) is 4.98 Å². The minimum Gasteiger partial charge on any atom is -0.481 e. The van der Waals surface area contributed by atoms with E-state index in [0.29, 0.717) is 5.88 Å². The van der Waals surface area contributed by atoms with E-state index in [4.69, 9.17) is 14.2 Å². The number of hydrogen-bond acceptors (Lipinski definition) is 5. The summed E-state index contributed by atoms with van der Waals surface area (Å²) in [7, 11) is 1.68. The lowest BCUT2D eigenvalue weighted by Crippen LogP contribution is -2.42. The van der Waals surface area contributed by atoms with E-state index in [1.165, 1.54) is 10.9 Å². The normalized spacial score (nSPS) is 21.3. The van der Waals surface area contributed by atoms with Gasteiger partial charge in [-0.2, -0.15) is 0 Å². The molecule has 3 heterocycles. The zero-order valence-corrected chi connectivity index (χ0v) is 14.9. The summed E-state index contributed by atoms with van der Waals surface area (Å²) in [5.41, 5.74) is 1.49. The molecule has 2 aromatic rings. The lowest BCUT2D eigenvalue weighted by Gasteiger charge is -2.38. The first kappa shape index (κ1) is 16.8. The van der Waals surface area contributed by atoms with Crippen molar-refractivity contribution >= 4 is 10.8 Å². The number of ether oxygens (including phenoxy) is 3. The van der Waals surface area contributed by atoms with Crippen molar-refractivity contribution in [3.63, 3.8) is 0 Å². The van der Waals surface area contributed by atoms with Crippen LogP contribution in [0.3, 0.4) is 0 Å². The fraction of sp³-hybridized carbons (Fsp3) is 0.550. The van der Waals surface area contributed by atoms with Gasteiger partial charge in [0.15, 0.2) is 0 Å². The first-order valence-corrected chi connectivity index (χ1v) is 9.08. The number of pyridine rings is 1. The van der Waals surface area contributed by atoms with Crippen molar-refractivity contribution in [2.75, 3.05) is 46.6 Å². The van der Waals surface area contributed by atoms with E-state index < -0.39 is 0 Å². The van der Waals surface area contributed by atoms with E-state index in [9.17, 15) is 0 Å². The highest BCUT2D eigenvalue weighted by molar-refractivity contribution is 5.89. The molecule has 0 amide bonds.